The number of aromatic nitrogens is 4. The minimum atomic E-state index is 0.660. The highest BCUT2D eigenvalue weighted by molar-refractivity contribution is 14.1. The van der Waals surface area contributed by atoms with Gasteiger partial charge in [0.1, 0.15) is 12.7 Å². The van der Waals surface area contributed by atoms with E-state index >= 15 is 0 Å². The van der Waals surface area contributed by atoms with E-state index in [-0.39, 0.29) is 0 Å². The highest BCUT2D eigenvalue weighted by Crippen LogP contribution is 2.18. The van der Waals surface area contributed by atoms with Crippen LogP contribution in [0.3, 0.4) is 0 Å². The first kappa shape index (κ1) is 8.49. The van der Waals surface area contributed by atoms with Gasteiger partial charge >= 0.3 is 0 Å². The van der Waals surface area contributed by atoms with Crippen LogP contribution in [0, 0.1) is 3.57 Å². The zero-order valence-corrected chi connectivity index (χ0v) is 8.71. The third-order valence-corrected chi connectivity index (χ3v) is 2.44. The molecule has 0 fully saturated rings. The Kier molecular flexibility index (Phi) is 2.44. The zero-order chi connectivity index (χ0) is 9.10. The molecular weight excluding hydrogens is 279 g/mol. The molecule has 2 aromatic rings. The molecule has 13 heavy (non-hydrogen) atoms. The van der Waals surface area contributed by atoms with E-state index in [4.69, 9.17) is 0 Å². The summed E-state index contributed by atoms with van der Waals surface area (Å²) in [6.07, 6.45) is 6.44. The molecule has 0 aliphatic heterocycles. The lowest BCUT2D eigenvalue weighted by Crippen LogP contribution is -1.91. The lowest BCUT2D eigenvalue weighted by molar-refractivity contribution is 1.05. The van der Waals surface area contributed by atoms with E-state index in [0.717, 1.165) is 9.13 Å². The summed E-state index contributed by atoms with van der Waals surface area (Å²) in [4.78, 5) is 15.9. The largest absolute Gasteiger partial charge is 0.264 e. The molecule has 0 N–H and O–H groups in total. The van der Waals surface area contributed by atoms with Crippen molar-refractivity contribution in [1.82, 2.24) is 19.9 Å². The minimum Gasteiger partial charge on any atom is -0.264 e. The molecule has 0 aliphatic carbocycles. The van der Waals surface area contributed by atoms with E-state index in [9.17, 15) is 0 Å². The van der Waals surface area contributed by atoms with Crippen molar-refractivity contribution in [1.29, 1.82) is 0 Å². The van der Waals surface area contributed by atoms with Crippen LogP contribution in [-0.4, -0.2) is 19.9 Å². The summed E-state index contributed by atoms with van der Waals surface area (Å²) in [5.41, 5.74) is 0.936. The summed E-state index contributed by atoms with van der Waals surface area (Å²) in [7, 11) is 0. The number of nitrogens with zero attached hydrogens (tertiary/aromatic N) is 4. The van der Waals surface area contributed by atoms with Crippen LogP contribution in [0.5, 0.6) is 0 Å². The summed E-state index contributed by atoms with van der Waals surface area (Å²) >= 11 is 2.22. The Hall–Kier alpha value is -1.11. The fourth-order valence-corrected chi connectivity index (χ4v) is 1.46. The smallest absolute Gasteiger partial charge is 0.165 e. The molecule has 0 unspecified atom stereocenters. The summed E-state index contributed by atoms with van der Waals surface area (Å²) in [5, 5.41) is 0. The average Bonchev–Trinajstić information content (AvgIpc) is 2.20. The van der Waals surface area contributed by atoms with Crippen LogP contribution in [0.25, 0.3) is 11.4 Å². The van der Waals surface area contributed by atoms with Crippen molar-refractivity contribution in [2.45, 2.75) is 0 Å². The van der Waals surface area contributed by atoms with Gasteiger partial charge in [0.15, 0.2) is 5.82 Å². The van der Waals surface area contributed by atoms with Crippen LogP contribution in [0.1, 0.15) is 0 Å². The molecule has 5 heteroatoms. The Morgan fingerprint density at radius 1 is 1.08 bits per heavy atom. The Bertz CT molecular complexity index is 404. The molecule has 0 aliphatic rings. The second-order valence-electron chi connectivity index (χ2n) is 2.32. The van der Waals surface area contributed by atoms with Crippen molar-refractivity contribution in [3.05, 3.63) is 34.7 Å². The maximum atomic E-state index is 4.04. The first-order valence-electron chi connectivity index (χ1n) is 3.60. The molecular formula is C8H5IN4. The first-order chi connectivity index (χ1) is 6.38. The topological polar surface area (TPSA) is 51.6 Å². The van der Waals surface area contributed by atoms with E-state index in [1.165, 1.54) is 12.7 Å². The fourth-order valence-electron chi connectivity index (χ4n) is 0.920. The molecule has 0 saturated heterocycles. The molecule has 0 atom stereocenters. The van der Waals surface area contributed by atoms with Gasteiger partial charge in [-0.05, 0) is 28.7 Å². The monoisotopic (exact) mass is 284 g/mol. The van der Waals surface area contributed by atoms with E-state index in [1.807, 2.05) is 6.07 Å². The number of hydrogen-bond donors (Lipinski definition) is 0. The standard InChI is InChI=1S/C8H5IN4/c9-7-1-2-10-3-6(7)8-12-4-11-5-13-8/h1-5H. The Labute approximate surface area is 88.6 Å². The highest BCUT2D eigenvalue weighted by Gasteiger charge is 2.03. The first-order valence-corrected chi connectivity index (χ1v) is 4.67. The van der Waals surface area contributed by atoms with E-state index in [2.05, 4.69) is 42.5 Å². The normalized spacial score (nSPS) is 9.92. The SMILES string of the molecule is Ic1ccncc1-c1ncncn1. The van der Waals surface area contributed by atoms with Crippen molar-refractivity contribution in [3.63, 3.8) is 0 Å². The molecule has 64 valence electrons. The van der Waals surface area contributed by atoms with Crippen LogP contribution < -0.4 is 0 Å². The van der Waals surface area contributed by atoms with Gasteiger partial charge in [-0.1, -0.05) is 0 Å². The molecule has 4 nitrogen and oxygen atoms in total. The van der Waals surface area contributed by atoms with Crippen molar-refractivity contribution >= 4 is 22.6 Å². The van der Waals surface area contributed by atoms with Crippen molar-refractivity contribution in [2.24, 2.45) is 0 Å². The predicted octanol–water partition coefficient (Wildman–Crippen LogP) is 1.54. The third-order valence-electron chi connectivity index (χ3n) is 1.50. The average molecular weight is 284 g/mol. The van der Waals surface area contributed by atoms with Gasteiger partial charge in [-0.25, -0.2) is 15.0 Å². The second-order valence-corrected chi connectivity index (χ2v) is 3.48. The highest BCUT2D eigenvalue weighted by atomic mass is 127. The fraction of sp³-hybridized carbons (Fsp3) is 0. The molecule has 2 heterocycles. The molecule has 0 aromatic carbocycles. The molecule has 0 bridgehead atoms. The molecule has 0 saturated carbocycles. The number of halogens is 1. The Morgan fingerprint density at radius 3 is 2.54 bits per heavy atom. The molecule has 0 radical (unpaired) electrons. The molecule has 0 amide bonds. The Balaban J connectivity index is 2.54. The summed E-state index contributed by atoms with van der Waals surface area (Å²) in [6.45, 7) is 0. The lowest BCUT2D eigenvalue weighted by Gasteiger charge is -1.99. The van der Waals surface area contributed by atoms with Gasteiger partial charge in [0.05, 0.1) is 5.56 Å². The summed E-state index contributed by atoms with van der Waals surface area (Å²) in [6, 6.07) is 1.92. The van der Waals surface area contributed by atoms with Crippen molar-refractivity contribution < 1.29 is 0 Å². The maximum absolute atomic E-state index is 4.04. The van der Waals surface area contributed by atoms with E-state index in [0.29, 0.717) is 5.82 Å². The summed E-state index contributed by atoms with van der Waals surface area (Å²) < 4.78 is 1.08. The van der Waals surface area contributed by atoms with Crippen LogP contribution >= 0.6 is 22.6 Å². The molecule has 2 aromatic heterocycles. The molecule has 0 spiro atoms. The van der Waals surface area contributed by atoms with Gasteiger partial charge < -0.3 is 0 Å². The minimum absolute atomic E-state index is 0.660. The van der Waals surface area contributed by atoms with Gasteiger partial charge in [-0.2, -0.15) is 0 Å². The van der Waals surface area contributed by atoms with Crippen LogP contribution in [0.15, 0.2) is 31.1 Å². The number of hydrogen-bond acceptors (Lipinski definition) is 4. The van der Waals surface area contributed by atoms with Gasteiger partial charge in [-0.3, -0.25) is 4.98 Å². The third kappa shape index (κ3) is 1.80. The van der Waals surface area contributed by atoms with Gasteiger partial charge in [0.2, 0.25) is 0 Å². The van der Waals surface area contributed by atoms with Crippen LogP contribution in [-0.2, 0) is 0 Å². The van der Waals surface area contributed by atoms with Crippen LogP contribution in [0.4, 0.5) is 0 Å². The second kappa shape index (κ2) is 3.73. The van der Waals surface area contributed by atoms with Crippen molar-refractivity contribution in [3.8, 4) is 11.4 Å². The quantitative estimate of drug-likeness (QED) is 0.745. The van der Waals surface area contributed by atoms with E-state index < -0.39 is 0 Å². The summed E-state index contributed by atoms with van der Waals surface area (Å²) in [5.74, 6) is 0.660. The van der Waals surface area contributed by atoms with Gasteiger partial charge in [0, 0.05) is 16.0 Å². The number of pyridine rings is 1. The number of rotatable bonds is 1. The zero-order valence-electron chi connectivity index (χ0n) is 6.55. The molecule has 2 rings (SSSR count). The predicted molar refractivity (Wildman–Crippen MR) is 55.8 cm³/mol. The lowest BCUT2D eigenvalue weighted by atomic mass is 10.3. The van der Waals surface area contributed by atoms with Gasteiger partial charge in [-0.15, -0.1) is 0 Å². The van der Waals surface area contributed by atoms with Crippen molar-refractivity contribution in [2.75, 3.05) is 0 Å². The van der Waals surface area contributed by atoms with E-state index in [1.54, 1.807) is 12.4 Å². The Morgan fingerprint density at radius 2 is 1.85 bits per heavy atom. The maximum Gasteiger partial charge on any atom is 0.165 e. The van der Waals surface area contributed by atoms with Crippen LogP contribution in [0.2, 0.25) is 0 Å². The van der Waals surface area contributed by atoms with Gasteiger partial charge in [0.25, 0.3) is 0 Å².